The Labute approximate surface area is 115 Å². The van der Waals surface area contributed by atoms with Gasteiger partial charge in [0.2, 0.25) is 0 Å². The minimum atomic E-state index is 0.276. The van der Waals surface area contributed by atoms with E-state index in [9.17, 15) is 0 Å². The van der Waals surface area contributed by atoms with Gasteiger partial charge in [0.1, 0.15) is 0 Å². The van der Waals surface area contributed by atoms with E-state index in [1.165, 1.54) is 26.0 Å². The maximum atomic E-state index is 3.60. The van der Waals surface area contributed by atoms with E-state index in [4.69, 9.17) is 0 Å². The summed E-state index contributed by atoms with van der Waals surface area (Å²) in [4.78, 5) is 1.38. The molecule has 1 nitrogen and oxygen atoms in total. The second kappa shape index (κ2) is 5.34. The molecule has 1 aromatic carbocycles. The number of nitrogens with one attached hydrogen (secondary N) is 1. The summed E-state index contributed by atoms with van der Waals surface area (Å²) < 4.78 is 1.17. The van der Waals surface area contributed by atoms with Crippen molar-refractivity contribution >= 4 is 27.3 Å². The Morgan fingerprint density at radius 2 is 2.00 bits per heavy atom. The van der Waals surface area contributed by atoms with Gasteiger partial charge in [-0.1, -0.05) is 28.1 Å². The van der Waals surface area contributed by atoms with Crippen LogP contribution in [0.3, 0.4) is 0 Å². The summed E-state index contributed by atoms with van der Waals surface area (Å²) in [6.45, 7) is 4.28. The molecule has 0 spiro atoms. The summed E-state index contributed by atoms with van der Waals surface area (Å²) in [5, 5.41) is 5.55. The van der Waals surface area contributed by atoms with E-state index < -0.39 is 0 Å². The Kier molecular flexibility index (Phi) is 4.02. The van der Waals surface area contributed by atoms with Crippen LogP contribution in [0.2, 0.25) is 0 Å². The van der Waals surface area contributed by atoms with E-state index in [1.54, 1.807) is 11.3 Å². The predicted octanol–water partition coefficient (Wildman–Crippen LogP) is 4.44. The molecule has 0 radical (unpaired) electrons. The van der Waals surface area contributed by atoms with Gasteiger partial charge in [-0.3, -0.25) is 0 Å². The molecule has 1 aromatic heterocycles. The summed E-state index contributed by atoms with van der Waals surface area (Å²) in [5.74, 6) is 0. The highest BCUT2D eigenvalue weighted by Gasteiger charge is 2.15. The van der Waals surface area contributed by atoms with Gasteiger partial charge in [0.25, 0.3) is 0 Å². The van der Waals surface area contributed by atoms with E-state index >= 15 is 0 Å². The molecule has 1 atom stereocenters. The van der Waals surface area contributed by atoms with Gasteiger partial charge in [-0.15, -0.1) is 11.3 Å². The third-order valence-electron chi connectivity index (χ3n) is 3.03. The van der Waals surface area contributed by atoms with Crippen LogP contribution in [0.1, 0.15) is 27.6 Å². The van der Waals surface area contributed by atoms with Gasteiger partial charge in [-0.05, 0) is 55.1 Å². The van der Waals surface area contributed by atoms with Crippen molar-refractivity contribution in [2.45, 2.75) is 19.9 Å². The number of benzene rings is 1. The molecule has 3 heteroatoms. The zero-order chi connectivity index (χ0) is 12.4. The van der Waals surface area contributed by atoms with Gasteiger partial charge in [-0.2, -0.15) is 0 Å². The van der Waals surface area contributed by atoms with Crippen molar-refractivity contribution in [2.24, 2.45) is 0 Å². The Hall–Kier alpha value is -0.640. The highest BCUT2D eigenvalue weighted by atomic mass is 79.9. The number of halogens is 1. The van der Waals surface area contributed by atoms with Crippen LogP contribution in [0.25, 0.3) is 0 Å². The third-order valence-corrected chi connectivity index (χ3v) is 4.74. The standard InChI is InChI=1S/C14H16BrNS/c1-9-4-5-11(8-13(9)15)14(16-3)12-6-7-17-10(12)2/h4-8,14,16H,1-3H3. The second-order valence-electron chi connectivity index (χ2n) is 4.16. The Bertz CT molecular complexity index is 519. The van der Waals surface area contributed by atoms with Gasteiger partial charge in [-0.25, -0.2) is 0 Å². The topological polar surface area (TPSA) is 12.0 Å². The highest BCUT2D eigenvalue weighted by Crippen LogP contribution is 2.30. The molecule has 0 aliphatic heterocycles. The van der Waals surface area contributed by atoms with Crippen molar-refractivity contribution in [2.75, 3.05) is 7.05 Å². The average Bonchev–Trinajstić information content (AvgIpc) is 2.71. The Morgan fingerprint density at radius 3 is 2.53 bits per heavy atom. The van der Waals surface area contributed by atoms with Crippen LogP contribution >= 0.6 is 27.3 Å². The molecule has 2 rings (SSSR count). The molecule has 1 unspecified atom stereocenters. The largest absolute Gasteiger partial charge is 0.309 e. The van der Waals surface area contributed by atoms with Crippen LogP contribution in [-0.2, 0) is 0 Å². The Morgan fingerprint density at radius 1 is 1.24 bits per heavy atom. The van der Waals surface area contributed by atoms with E-state index in [0.29, 0.717) is 0 Å². The maximum Gasteiger partial charge on any atom is 0.0585 e. The van der Waals surface area contributed by atoms with Crippen molar-refractivity contribution in [3.8, 4) is 0 Å². The molecular formula is C14H16BrNS. The summed E-state index contributed by atoms with van der Waals surface area (Å²) in [6.07, 6.45) is 0. The van der Waals surface area contributed by atoms with Crippen LogP contribution in [0, 0.1) is 13.8 Å². The van der Waals surface area contributed by atoms with E-state index in [0.717, 1.165) is 0 Å². The van der Waals surface area contributed by atoms with Gasteiger partial charge < -0.3 is 5.32 Å². The minimum absolute atomic E-state index is 0.276. The minimum Gasteiger partial charge on any atom is -0.309 e. The fraction of sp³-hybridized carbons (Fsp3) is 0.286. The van der Waals surface area contributed by atoms with Gasteiger partial charge in [0.05, 0.1) is 6.04 Å². The molecule has 2 aromatic rings. The molecule has 0 saturated heterocycles. The molecule has 0 saturated carbocycles. The van der Waals surface area contributed by atoms with Crippen molar-refractivity contribution in [3.63, 3.8) is 0 Å². The van der Waals surface area contributed by atoms with Crippen molar-refractivity contribution in [3.05, 3.63) is 55.7 Å². The first-order valence-corrected chi connectivity index (χ1v) is 7.28. The molecule has 0 bridgehead atoms. The highest BCUT2D eigenvalue weighted by molar-refractivity contribution is 9.10. The zero-order valence-corrected chi connectivity index (χ0v) is 12.7. The lowest BCUT2D eigenvalue weighted by molar-refractivity contribution is 0.690. The fourth-order valence-electron chi connectivity index (χ4n) is 1.98. The lowest BCUT2D eigenvalue weighted by Gasteiger charge is -2.17. The molecule has 1 heterocycles. The van der Waals surface area contributed by atoms with Crippen molar-refractivity contribution in [1.29, 1.82) is 0 Å². The molecule has 0 aliphatic carbocycles. The molecule has 17 heavy (non-hydrogen) atoms. The third kappa shape index (κ3) is 2.62. The van der Waals surface area contributed by atoms with Crippen LogP contribution < -0.4 is 5.32 Å². The number of hydrogen-bond donors (Lipinski definition) is 1. The van der Waals surface area contributed by atoms with E-state index in [2.05, 4.69) is 64.7 Å². The normalized spacial score (nSPS) is 12.7. The van der Waals surface area contributed by atoms with Crippen LogP contribution in [-0.4, -0.2) is 7.05 Å². The molecule has 90 valence electrons. The summed E-state index contributed by atoms with van der Waals surface area (Å²) in [5.41, 5.74) is 3.94. The van der Waals surface area contributed by atoms with Crippen LogP contribution in [0.15, 0.2) is 34.1 Å². The fourth-order valence-corrected chi connectivity index (χ4v) is 3.12. The molecule has 0 amide bonds. The lowest BCUT2D eigenvalue weighted by atomic mass is 9.99. The first-order valence-electron chi connectivity index (χ1n) is 5.60. The quantitative estimate of drug-likeness (QED) is 0.884. The maximum absolute atomic E-state index is 3.60. The molecule has 0 fully saturated rings. The summed E-state index contributed by atoms with van der Waals surface area (Å²) >= 11 is 5.40. The zero-order valence-electron chi connectivity index (χ0n) is 10.3. The molecular weight excluding hydrogens is 294 g/mol. The van der Waals surface area contributed by atoms with Crippen LogP contribution in [0.5, 0.6) is 0 Å². The smallest absolute Gasteiger partial charge is 0.0585 e. The first-order chi connectivity index (χ1) is 8.13. The van der Waals surface area contributed by atoms with Gasteiger partial charge in [0.15, 0.2) is 0 Å². The monoisotopic (exact) mass is 309 g/mol. The van der Waals surface area contributed by atoms with Crippen LogP contribution in [0.4, 0.5) is 0 Å². The van der Waals surface area contributed by atoms with Crippen molar-refractivity contribution in [1.82, 2.24) is 5.32 Å². The number of thiophene rings is 1. The Balaban J connectivity index is 2.42. The molecule has 0 aliphatic rings. The predicted molar refractivity (Wildman–Crippen MR) is 78.8 cm³/mol. The SMILES string of the molecule is CNC(c1ccc(C)c(Br)c1)c1ccsc1C. The summed E-state index contributed by atoms with van der Waals surface area (Å²) in [6, 6.07) is 9.03. The van der Waals surface area contributed by atoms with Crippen molar-refractivity contribution < 1.29 is 0 Å². The number of rotatable bonds is 3. The number of aryl methyl sites for hydroxylation is 2. The van der Waals surface area contributed by atoms with Gasteiger partial charge >= 0.3 is 0 Å². The van der Waals surface area contributed by atoms with E-state index in [-0.39, 0.29) is 6.04 Å². The first kappa shape index (κ1) is 12.8. The van der Waals surface area contributed by atoms with E-state index in [1.807, 2.05) is 7.05 Å². The second-order valence-corrected chi connectivity index (χ2v) is 6.14. The average molecular weight is 310 g/mol. The number of hydrogen-bond acceptors (Lipinski definition) is 2. The lowest BCUT2D eigenvalue weighted by Crippen LogP contribution is -2.17. The summed E-state index contributed by atoms with van der Waals surface area (Å²) in [7, 11) is 2.01. The molecule has 1 N–H and O–H groups in total. The van der Waals surface area contributed by atoms with Gasteiger partial charge in [0, 0.05) is 9.35 Å².